The van der Waals surface area contributed by atoms with Gasteiger partial charge >= 0.3 is 0 Å². The molecule has 21 heavy (non-hydrogen) atoms. The fourth-order valence-electron chi connectivity index (χ4n) is 2.09. The van der Waals surface area contributed by atoms with Crippen LogP contribution in [0.25, 0.3) is 17.3 Å². The Morgan fingerprint density at radius 3 is 2.33 bits per heavy atom. The molecule has 0 amide bonds. The van der Waals surface area contributed by atoms with Crippen LogP contribution < -0.4 is 0 Å². The highest BCUT2D eigenvalue weighted by molar-refractivity contribution is 5.64. The van der Waals surface area contributed by atoms with Crippen molar-refractivity contribution in [3.05, 3.63) is 54.0 Å². The van der Waals surface area contributed by atoms with Gasteiger partial charge in [0.15, 0.2) is 0 Å². The van der Waals surface area contributed by atoms with Crippen LogP contribution >= 0.6 is 0 Å². The van der Waals surface area contributed by atoms with Gasteiger partial charge in [0.2, 0.25) is 0 Å². The second-order valence-corrected chi connectivity index (χ2v) is 5.27. The molecule has 1 aromatic carbocycles. The maximum atomic E-state index is 4.51. The van der Waals surface area contributed by atoms with E-state index in [1.54, 1.807) is 0 Å². The van der Waals surface area contributed by atoms with Crippen molar-refractivity contribution in [1.29, 1.82) is 0 Å². The minimum atomic E-state index is 0.606. The van der Waals surface area contributed by atoms with Gasteiger partial charge in [-0.15, -0.1) is 0 Å². The molecule has 112 valence electrons. The number of hydrogen-bond acceptors (Lipinski definition) is 2. The fraction of sp³-hybridized carbons (Fsp3) is 0.368. The normalized spacial score (nSPS) is 10.0. The molecule has 0 atom stereocenters. The van der Waals surface area contributed by atoms with Crippen LogP contribution in [0.3, 0.4) is 0 Å². The smallest absolute Gasteiger partial charge is 0.0885 e. The van der Waals surface area contributed by atoms with E-state index >= 15 is 0 Å². The average Bonchev–Trinajstić information content (AvgIpc) is 2.49. The van der Waals surface area contributed by atoms with E-state index in [2.05, 4.69) is 55.5 Å². The summed E-state index contributed by atoms with van der Waals surface area (Å²) >= 11 is 0. The van der Waals surface area contributed by atoms with Gasteiger partial charge in [-0.05, 0) is 36.5 Å². The van der Waals surface area contributed by atoms with Gasteiger partial charge in [0.1, 0.15) is 0 Å². The highest BCUT2D eigenvalue weighted by Gasteiger charge is 2.04. The number of rotatable bonds is 4. The first-order valence-electron chi connectivity index (χ1n) is 7.64. The first-order chi connectivity index (χ1) is 10.1. The van der Waals surface area contributed by atoms with Gasteiger partial charge in [-0.25, -0.2) is 0 Å². The van der Waals surface area contributed by atoms with Crippen molar-refractivity contribution in [2.24, 2.45) is 5.92 Å². The molecule has 0 bridgehead atoms. The maximum absolute atomic E-state index is 4.51. The Labute approximate surface area is 129 Å². The van der Waals surface area contributed by atoms with E-state index < -0.39 is 0 Å². The van der Waals surface area contributed by atoms with Gasteiger partial charge in [-0.1, -0.05) is 52.5 Å². The Kier molecular flexibility index (Phi) is 6.80. The summed E-state index contributed by atoms with van der Waals surface area (Å²) in [5.74, 6) is 0.606. The molecule has 0 saturated heterocycles. The Balaban J connectivity index is 0.00000106. The first kappa shape index (κ1) is 17.1. The van der Waals surface area contributed by atoms with E-state index in [0.717, 1.165) is 28.9 Å². The topological polar surface area (TPSA) is 25.8 Å². The zero-order valence-electron chi connectivity index (χ0n) is 13.9. The summed E-state index contributed by atoms with van der Waals surface area (Å²) in [5.41, 5.74) is 5.45. The molecule has 2 rings (SSSR count). The molecular weight excluding hydrogens is 256 g/mol. The van der Waals surface area contributed by atoms with Gasteiger partial charge in [-0.2, -0.15) is 0 Å². The molecule has 1 aromatic heterocycles. The van der Waals surface area contributed by atoms with Crippen molar-refractivity contribution in [3.63, 3.8) is 0 Å². The van der Waals surface area contributed by atoms with E-state index in [1.807, 2.05) is 32.3 Å². The van der Waals surface area contributed by atoms with Gasteiger partial charge in [0.25, 0.3) is 0 Å². The highest BCUT2D eigenvalue weighted by atomic mass is 14.8. The molecule has 0 fully saturated rings. The SMILES string of the molecule is C=Cc1ccc(-c2cnc(CC(C)C)cn2)cc1C.CC. The summed E-state index contributed by atoms with van der Waals surface area (Å²) < 4.78 is 0. The number of aromatic nitrogens is 2. The lowest BCUT2D eigenvalue weighted by atomic mass is 10.0. The summed E-state index contributed by atoms with van der Waals surface area (Å²) in [4.78, 5) is 9.00. The highest BCUT2D eigenvalue weighted by Crippen LogP contribution is 2.20. The minimum Gasteiger partial charge on any atom is -0.257 e. The van der Waals surface area contributed by atoms with E-state index in [4.69, 9.17) is 0 Å². The average molecular weight is 282 g/mol. The summed E-state index contributed by atoms with van der Waals surface area (Å²) in [6.07, 6.45) is 6.59. The maximum Gasteiger partial charge on any atom is 0.0885 e. The Morgan fingerprint density at radius 1 is 1.14 bits per heavy atom. The first-order valence-corrected chi connectivity index (χ1v) is 7.64. The molecule has 0 aliphatic rings. The third-order valence-electron chi connectivity index (χ3n) is 3.11. The third-order valence-corrected chi connectivity index (χ3v) is 3.11. The van der Waals surface area contributed by atoms with Crippen molar-refractivity contribution in [3.8, 4) is 11.3 Å². The fourth-order valence-corrected chi connectivity index (χ4v) is 2.09. The second-order valence-electron chi connectivity index (χ2n) is 5.27. The van der Waals surface area contributed by atoms with E-state index in [0.29, 0.717) is 5.92 Å². The van der Waals surface area contributed by atoms with Gasteiger partial charge in [-0.3, -0.25) is 9.97 Å². The third kappa shape index (κ3) is 4.82. The lowest BCUT2D eigenvalue weighted by Crippen LogP contribution is -1.98. The lowest BCUT2D eigenvalue weighted by Gasteiger charge is -2.07. The van der Waals surface area contributed by atoms with Crippen LogP contribution in [0.2, 0.25) is 0 Å². The van der Waals surface area contributed by atoms with E-state index in [1.165, 1.54) is 5.56 Å². The molecule has 2 nitrogen and oxygen atoms in total. The molecule has 1 heterocycles. The minimum absolute atomic E-state index is 0.606. The molecule has 0 unspecified atom stereocenters. The van der Waals surface area contributed by atoms with Crippen molar-refractivity contribution < 1.29 is 0 Å². The Morgan fingerprint density at radius 2 is 1.86 bits per heavy atom. The number of nitrogens with zero attached hydrogens (tertiary/aromatic N) is 2. The van der Waals surface area contributed by atoms with Crippen LogP contribution in [-0.4, -0.2) is 9.97 Å². The number of aryl methyl sites for hydroxylation is 1. The summed E-state index contributed by atoms with van der Waals surface area (Å²) in [7, 11) is 0. The van der Waals surface area contributed by atoms with Crippen LogP contribution in [0.4, 0.5) is 0 Å². The van der Waals surface area contributed by atoms with Crippen molar-refractivity contribution in [1.82, 2.24) is 9.97 Å². The van der Waals surface area contributed by atoms with E-state index in [-0.39, 0.29) is 0 Å². The molecule has 0 N–H and O–H groups in total. The standard InChI is InChI=1S/C17H20N2.C2H6/c1-5-14-6-7-15(9-13(14)4)17-11-18-16(10-19-17)8-12(2)3;1-2/h5-7,9-12H,1,8H2,2-4H3;1-2H3. The molecule has 2 heteroatoms. The molecular formula is C19H26N2. The van der Waals surface area contributed by atoms with Gasteiger partial charge in [0.05, 0.1) is 17.6 Å². The zero-order chi connectivity index (χ0) is 15.8. The van der Waals surface area contributed by atoms with Gasteiger partial charge < -0.3 is 0 Å². The van der Waals surface area contributed by atoms with Crippen LogP contribution in [0.15, 0.2) is 37.2 Å². The van der Waals surface area contributed by atoms with Crippen molar-refractivity contribution in [2.45, 2.75) is 41.0 Å². The van der Waals surface area contributed by atoms with Gasteiger partial charge in [0, 0.05) is 11.8 Å². The lowest BCUT2D eigenvalue weighted by molar-refractivity contribution is 0.633. The zero-order valence-corrected chi connectivity index (χ0v) is 13.9. The second kappa shape index (κ2) is 8.35. The summed E-state index contributed by atoms with van der Waals surface area (Å²) in [6.45, 7) is 14.3. The quantitative estimate of drug-likeness (QED) is 0.758. The predicted octanol–water partition coefficient (Wildman–Crippen LogP) is 5.32. The summed E-state index contributed by atoms with van der Waals surface area (Å²) in [6, 6.07) is 6.26. The van der Waals surface area contributed by atoms with Crippen LogP contribution in [-0.2, 0) is 6.42 Å². The largest absolute Gasteiger partial charge is 0.257 e. The predicted molar refractivity (Wildman–Crippen MR) is 92.2 cm³/mol. The molecule has 0 saturated carbocycles. The Hall–Kier alpha value is -1.96. The van der Waals surface area contributed by atoms with Crippen molar-refractivity contribution in [2.75, 3.05) is 0 Å². The van der Waals surface area contributed by atoms with Crippen LogP contribution in [0.1, 0.15) is 44.5 Å². The van der Waals surface area contributed by atoms with Crippen LogP contribution in [0, 0.1) is 12.8 Å². The monoisotopic (exact) mass is 282 g/mol. The number of hydrogen-bond donors (Lipinski definition) is 0. The molecule has 0 aliphatic heterocycles. The molecule has 0 spiro atoms. The Bertz CT molecular complexity index is 569. The van der Waals surface area contributed by atoms with E-state index in [9.17, 15) is 0 Å². The molecule has 0 radical (unpaired) electrons. The van der Waals surface area contributed by atoms with Crippen molar-refractivity contribution >= 4 is 6.08 Å². The summed E-state index contributed by atoms with van der Waals surface area (Å²) in [5, 5.41) is 0. The number of benzene rings is 1. The molecule has 0 aliphatic carbocycles. The van der Waals surface area contributed by atoms with Crippen LogP contribution in [0.5, 0.6) is 0 Å². The molecule has 2 aromatic rings.